The minimum Gasteiger partial charge on any atom is -0.293 e. The van der Waals surface area contributed by atoms with E-state index in [9.17, 15) is 4.79 Å². The van der Waals surface area contributed by atoms with Crippen LogP contribution in [-0.4, -0.2) is 52.2 Å². The Morgan fingerprint density at radius 3 is 2.63 bits per heavy atom. The molecule has 1 fully saturated rings. The minimum atomic E-state index is -0.221. The highest BCUT2D eigenvalue weighted by atomic mass is 35.5. The van der Waals surface area contributed by atoms with E-state index in [4.69, 9.17) is 11.6 Å². The number of benzene rings is 1. The van der Waals surface area contributed by atoms with E-state index < -0.39 is 0 Å². The minimum absolute atomic E-state index is 0.0616. The average molecular weight is 382 g/mol. The van der Waals surface area contributed by atoms with Gasteiger partial charge in [0.15, 0.2) is 5.82 Å². The molecule has 0 saturated carbocycles. The Hall–Kier alpha value is -2.70. The second kappa shape index (κ2) is 7.50. The molecule has 1 aromatic carbocycles. The molecular formula is C20H20ClN5O. The van der Waals surface area contributed by atoms with Gasteiger partial charge in [-0.1, -0.05) is 23.7 Å². The predicted molar refractivity (Wildman–Crippen MR) is 106 cm³/mol. The van der Waals surface area contributed by atoms with E-state index in [1.807, 2.05) is 49.5 Å². The molecule has 0 bridgehead atoms. The summed E-state index contributed by atoms with van der Waals surface area (Å²) in [5.74, 6) is 0.715. The van der Waals surface area contributed by atoms with Crippen LogP contribution >= 0.6 is 11.6 Å². The lowest BCUT2D eigenvalue weighted by atomic mass is 10.0. The molecular weight excluding hydrogens is 362 g/mol. The number of halogens is 1. The number of H-pyrrole nitrogens is 1. The van der Waals surface area contributed by atoms with Crippen molar-refractivity contribution >= 4 is 23.3 Å². The fourth-order valence-electron chi connectivity index (χ4n) is 3.34. The summed E-state index contributed by atoms with van der Waals surface area (Å²) in [7, 11) is 1.99. The molecule has 138 valence electrons. The van der Waals surface area contributed by atoms with Crippen molar-refractivity contribution in [3.8, 4) is 11.3 Å². The van der Waals surface area contributed by atoms with E-state index in [-0.39, 0.29) is 11.9 Å². The number of amides is 1. The molecule has 1 saturated heterocycles. The van der Waals surface area contributed by atoms with Crippen molar-refractivity contribution in [2.75, 3.05) is 25.0 Å². The molecule has 2 aromatic heterocycles. The van der Waals surface area contributed by atoms with Gasteiger partial charge in [0.1, 0.15) is 0 Å². The van der Waals surface area contributed by atoms with Gasteiger partial charge in [0.25, 0.3) is 0 Å². The number of pyridine rings is 1. The molecule has 0 spiro atoms. The Bertz CT molecular complexity index is 925. The number of likely N-dealkylation sites (N-methyl/N-ethyl adjacent to an activating group) is 1. The van der Waals surface area contributed by atoms with Crippen LogP contribution in [0.1, 0.15) is 5.56 Å². The van der Waals surface area contributed by atoms with Gasteiger partial charge in [-0.25, -0.2) is 0 Å². The lowest BCUT2D eigenvalue weighted by Crippen LogP contribution is -2.56. The Kier molecular flexibility index (Phi) is 4.92. The molecule has 0 aliphatic carbocycles. The van der Waals surface area contributed by atoms with Gasteiger partial charge in [-0.3, -0.25) is 24.7 Å². The van der Waals surface area contributed by atoms with E-state index in [1.54, 1.807) is 17.3 Å². The van der Waals surface area contributed by atoms with Crippen LogP contribution in [0.15, 0.2) is 54.9 Å². The first-order chi connectivity index (χ1) is 13.1. The zero-order valence-corrected chi connectivity index (χ0v) is 15.7. The first-order valence-electron chi connectivity index (χ1n) is 8.84. The van der Waals surface area contributed by atoms with E-state index in [0.717, 1.165) is 23.4 Å². The fourth-order valence-corrected chi connectivity index (χ4v) is 3.46. The summed E-state index contributed by atoms with van der Waals surface area (Å²) in [4.78, 5) is 21.0. The van der Waals surface area contributed by atoms with E-state index in [1.165, 1.54) is 0 Å². The van der Waals surface area contributed by atoms with Gasteiger partial charge < -0.3 is 0 Å². The van der Waals surface area contributed by atoms with Crippen LogP contribution in [0.5, 0.6) is 0 Å². The third-order valence-electron chi connectivity index (χ3n) is 4.93. The molecule has 0 radical (unpaired) electrons. The molecule has 0 unspecified atom stereocenters. The van der Waals surface area contributed by atoms with Gasteiger partial charge in [-0.05, 0) is 43.3 Å². The lowest BCUT2D eigenvalue weighted by Gasteiger charge is -2.37. The summed E-state index contributed by atoms with van der Waals surface area (Å²) in [6.07, 6.45) is 4.11. The van der Waals surface area contributed by atoms with E-state index in [2.05, 4.69) is 20.1 Å². The Balaban J connectivity index is 1.54. The van der Waals surface area contributed by atoms with Crippen molar-refractivity contribution in [3.05, 3.63) is 65.4 Å². The molecule has 1 aliphatic heterocycles. The number of hydrogen-bond acceptors (Lipinski definition) is 4. The van der Waals surface area contributed by atoms with Crippen molar-refractivity contribution in [1.82, 2.24) is 20.1 Å². The maximum atomic E-state index is 13.1. The number of carbonyl (C=O) groups is 1. The number of rotatable bonds is 4. The molecule has 7 heteroatoms. The van der Waals surface area contributed by atoms with E-state index >= 15 is 0 Å². The van der Waals surface area contributed by atoms with Crippen LogP contribution in [0.4, 0.5) is 5.82 Å². The smallest absolute Gasteiger partial charge is 0.245 e. The van der Waals surface area contributed by atoms with Crippen LogP contribution < -0.4 is 4.90 Å². The average Bonchev–Trinajstić information content (AvgIpc) is 3.17. The summed E-state index contributed by atoms with van der Waals surface area (Å²) in [5.41, 5.74) is 2.95. The molecule has 1 atom stereocenters. The summed E-state index contributed by atoms with van der Waals surface area (Å²) in [6, 6.07) is 13.2. The maximum absolute atomic E-state index is 13.1. The van der Waals surface area contributed by atoms with Gasteiger partial charge in [-0.15, -0.1) is 0 Å². The molecule has 27 heavy (non-hydrogen) atoms. The third-order valence-corrected chi connectivity index (χ3v) is 5.19. The number of nitrogens with zero attached hydrogens (tertiary/aromatic N) is 4. The molecule has 4 rings (SSSR count). The summed E-state index contributed by atoms with van der Waals surface area (Å²) < 4.78 is 0. The zero-order valence-electron chi connectivity index (χ0n) is 15.0. The molecule has 1 amide bonds. The van der Waals surface area contributed by atoms with Gasteiger partial charge >= 0.3 is 0 Å². The second-order valence-electron chi connectivity index (χ2n) is 6.69. The van der Waals surface area contributed by atoms with Crippen LogP contribution in [0.2, 0.25) is 5.02 Å². The molecule has 6 nitrogen and oxygen atoms in total. The second-order valence-corrected chi connectivity index (χ2v) is 7.13. The topological polar surface area (TPSA) is 65.1 Å². The lowest BCUT2D eigenvalue weighted by molar-refractivity contribution is -0.125. The van der Waals surface area contributed by atoms with Crippen molar-refractivity contribution in [3.63, 3.8) is 0 Å². The highest BCUT2D eigenvalue weighted by molar-refractivity contribution is 6.30. The largest absolute Gasteiger partial charge is 0.293 e. The quantitative estimate of drug-likeness (QED) is 0.754. The van der Waals surface area contributed by atoms with Crippen molar-refractivity contribution in [2.45, 2.75) is 12.5 Å². The monoisotopic (exact) mass is 381 g/mol. The molecule has 1 N–H and O–H groups in total. The number of hydrogen-bond donors (Lipinski definition) is 1. The van der Waals surface area contributed by atoms with Gasteiger partial charge in [0.05, 0.1) is 11.7 Å². The van der Waals surface area contributed by atoms with Crippen LogP contribution in [0.25, 0.3) is 11.3 Å². The Morgan fingerprint density at radius 2 is 1.89 bits per heavy atom. The van der Waals surface area contributed by atoms with Crippen LogP contribution in [0.3, 0.4) is 0 Å². The van der Waals surface area contributed by atoms with Gasteiger partial charge in [-0.2, -0.15) is 5.10 Å². The Morgan fingerprint density at radius 1 is 1.15 bits per heavy atom. The number of nitrogens with one attached hydrogen (secondary N) is 1. The fraction of sp³-hybridized carbons (Fsp3) is 0.250. The standard InChI is InChI=1S/C20H20ClN5O/c1-25-10-11-26(19-13-17(23-24-19)15-6-8-22-9-7-15)20(27)18(25)12-14-2-4-16(21)5-3-14/h2-9,13,18H,10-12H2,1H3,(H,23,24)/t18-/m0/s1. The third kappa shape index (κ3) is 3.72. The number of carbonyl (C=O) groups excluding carboxylic acids is 1. The number of aromatic amines is 1. The van der Waals surface area contributed by atoms with Gasteiger partial charge in [0, 0.05) is 42.1 Å². The van der Waals surface area contributed by atoms with E-state index in [0.29, 0.717) is 23.8 Å². The predicted octanol–water partition coefficient (Wildman–Crippen LogP) is 3.01. The number of aromatic nitrogens is 3. The first kappa shape index (κ1) is 17.7. The summed E-state index contributed by atoms with van der Waals surface area (Å²) in [6.45, 7) is 1.41. The summed E-state index contributed by atoms with van der Waals surface area (Å²) >= 11 is 5.97. The zero-order chi connectivity index (χ0) is 18.8. The number of piperazine rings is 1. The van der Waals surface area contributed by atoms with Crippen molar-refractivity contribution < 1.29 is 4.79 Å². The van der Waals surface area contributed by atoms with Crippen LogP contribution in [0, 0.1) is 0 Å². The normalized spacial score (nSPS) is 18.1. The molecule has 3 heterocycles. The SMILES string of the molecule is CN1CCN(c2cc(-c3ccncc3)[nH]n2)C(=O)[C@@H]1Cc1ccc(Cl)cc1. The van der Waals surface area contributed by atoms with Crippen molar-refractivity contribution in [2.24, 2.45) is 0 Å². The molecule has 3 aromatic rings. The van der Waals surface area contributed by atoms with Crippen molar-refractivity contribution in [1.29, 1.82) is 0 Å². The first-order valence-corrected chi connectivity index (χ1v) is 9.21. The molecule has 1 aliphatic rings. The number of anilines is 1. The highest BCUT2D eigenvalue weighted by Crippen LogP contribution is 2.25. The summed E-state index contributed by atoms with van der Waals surface area (Å²) in [5, 5.41) is 8.09. The van der Waals surface area contributed by atoms with Gasteiger partial charge in [0.2, 0.25) is 5.91 Å². The maximum Gasteiger partial charge on any atom is 0.245 e. The van der Waals surface area contributed by atoms with Crippen LogP contribution in [-0.2, 0) is 11.2 Å². The Labute approximate surface area is 162 Å². The highest BCUT2D eigenvalue weighted by Gasteiger charge is 2.34.